The molecular weight excluding hydrogens is 222 g/mol. The Morgan fingerprint density at radius 3 is 2.44 bits per heavy atom. The molecule has 0 heterocycles. The van der Waals surface area contributed by atoms with Gasteiger partial charge in [0.25, 0.3) is 0 Å². The van der Waals surface area contributed by atoms with Gasteiger partial charge in [0.1, 0.15) is 5.75 Å². The summed E-state index contributed by atoms with van der Waals surface area (Å²) in [6.07, 6.45) is 1.09. The zero-order chi connectivity index (χ0) is 13.8. The van der Waals surface area contributed by atoms with Gasteiger partial charge in [-0.25, -0.2) is 0 Å². The lowest BCUT2D eigenvalue weighted by atomic mass is 9.85. The van der Waals surface area contributed by atoms with Crippen LogP contribution in [0.25, 0.3) is 0 Å². The van der Waals surface area contributed by atoms with Gasteiger partial charge < -0.3 is 10.1 Å². The van der Waals surface area contributed by atoms with E-state index in [-0.39, 0.29) is 0 Å². The number of benzene rings is 1. The summed E-state index contributed by atoms with van der Waals surface area (Å²) in [5, 5.41) is 3.42. The predicted molar refractivity (Wildman–Crippen MR) is 78.2 cm³/mol. The molecule has 1 unspecified atom stereocenters. The molecule has 0 amide bonds. The summed E-state index contributed by atoms with van der Waals surface area (Å²) in [6, 6.07) is 6.77. The fraction of sp³-hybridized carbons (Fsp3) is 0.625. The van der Waals surface area contributed by atoms with Crippen molar-refractivity contribution in [1.29, 1.82) is 0 Å². The van der Waals surface area contributed by atoms with Crippen molar-refractivity contribution < 1.29 is 4.74 Å². The Morgan fingerprint density at radius 2 is 1.94 bits per heavy atom. The maximum Gasteiger partial charge on any atom is 0.124 e. The van der Waals surface area contributed by atoms with E-state index in [0.29, 0.717) is 18.1 Å². The second-order valence-corrected chi connectivity index (χ2v) is 6.08. The molecule has 0 bridgehead atoms. The minimum atomic E-state index is 0.293. The average Bonchev–Trinajstić information content (AvgIpc) is 2.27. The molecule has 0 spiro atoms. The van der Waals surface area contributed by atoms with E-state index in [2.05, 4.69) is 51.2 Å². The van der Waals surface area contributed by atoms with E-state index < -0.39 is 0 Å². The van der Waals surface area contributed by atoms with Crippen LogP contribution in [0.5, 0.6) is 5.75 Å². The van der Waals surface area contributed by atoms with Gasteiger partial charge in [0.15, 0.2) is 0 Å². The highest BCUT2D eigenvalue weighted by Gasteiger charge is 2.21. The topological polar surface area (TPSA) is 21.3 Å². The third kappa shape index (κ3) is 4.34. The predicted octanol–water partition coefficient (Wildman–Crippen LogP) is 4.09. The Kier molecular flexibility index (Phi) is 5.21. The van der Waals surface area contributed by atoms with Crippen LogP contribution >= 0.6 is 0 Å². The zero-order valence-electron chi connectivity index (χ0n) is 12.6. The molecule has 1 aromatic carbocycles. The van der Waals surface area contributed by atoms with Crippen LogP contribution in [0, 0.1) is 12.3 Å². The lowest BCUT2D eigenvalue weighted by Crippen LogP contribution is -2.23. The summed E-state index contributed by atoms with van der Waals surface area (Å²) >= 11 is 0. The first kappa shape index (κ1) is 15.0. The second-order valence-electron chi connectivity index (χ2n) is 6.08. The Morgan fingerprint density at radius 1 is 1.28 bits per heavy atom. The van der Waals surface area contributed by atoms with Crippen LogP contribution in [-0.2, 0) is 0 Å². The van der Waals surface area contributed by atoms with Crippen molar-refractivity contribution in [2.75, 3.05) is 13.7 Å². The van der Waals surface area contributed by atoms with E-state index in [4.69, 9.17) is 4.74 Å². The molecule has 0 aromatic heterocycles. The van der Waals surface area contributed by atoms with E-state index >= 15 is 0 Å². The van der Waals surface area contributed by atoms with E-state index in [9.17, 15) is 0 Å². The molecule has 18 heavy (non-hydrogen) atoms. The van der Waals surface area contributed by atoms with Crippen molar-refractivity contribution >= 4 is 0 Å². The molecule has 1 atom stereocenters. The van der Waals surface area contributed by atoms with Crippen molar-refractivity contribution in [2.24, 2.45) is 5.41 Å². The van der Waals surface area contributed by atoms with Gasteiger partial charge in [-0.3, -0.25) is 0 Å². The first-order chi connectivity index (χ1) is 8.37. The summed E-state index contributed by atoms with van der Waals surface area (Å²) in [5.41, 5.74) is 2.85. The molecule has 2 heteroatoms. The number of hydrogen-bond donors (Lipinski definition) is 1. The van der Waals surface area contributed by atoms with E-state index in [0.717, 1.165) is 12.2 Å². The standard InChI is InChI=1S/C16H27NO/c1-7-18-15-9-8-12(2)10-13(15)14(17-6)11-16(3,4)5/h8-10,14,17H,7,11H2,1-6H3. The third-order valence-corrected chi connectivity index (χ3v) is 3.01. The van der Waals surface area contributed by atoms with Crippen molar-refractivity contribution in [1.82, 2.24) is 5.32 Å². The van der Waals surface area contributed by atoms with Gasteiger partial charge in [-0.05, 0) is 38.8 Å². The third-order valence-electron chi connectivity index (χ3n) is 3.01. The largest absolute Gasteiger partial charge is 0.494 e. The fourth-order valence-electron chi connectivity index (χ4n) is 2.21. The van der Waals surface area contributed by atoms with Gasteiger partial charge in [-0.15, -0.1) is 0 Å². The summed E-state index contributed by atoms with van der Waals surface area (Å²) in [6.45, 7) is 11.7. The van der Waals surface area contributed by atoms with Gasteiger partial charge in [0.05, 0.1) is 6.61 Å². The molecule has 0 aliphatic heterocycles. The Hall–Kier alpha value is -1.02. The van der Waals surface area contributed by atoms with Crippen molar-refractivity contribution in [3.8, 4) is 5.75 Å². The monoisotopic (exact) mass is 249 g/mol. The molecule has 0 fully saturated rings. The highest BCUT2D eigenvalue weighted by molar-refractivity contribution is 5.39. The molecular formula is C16H27NO. The van der Waals surface area contributed by atoms with E-state index in [1.54, 1.807) is 0 Å². The molecule has 102 valence electrons. The second kappa shape index (κ2) is 6.24. The van der Waals surface area contributed by atoms with Gasteiger partial charge in [-0.1, -0.05) is 38.5 Å². The SMILES string of the molecule is CCOc1ccc(C)cc1C(CC(C)(C)C)NC. The van der Waals surface area contributed by atoms with Crippen molar-refractivity contribution in [3.63, 3.8) is 0 Å². The molecule has 0 saturated heterocycles. The van der Waals surface area contributed by atoms with Gasteiger partial charge >= 0.3 is 0 Å². The Balaban J connectivity index is 3.06. The van der Waals surface area contributed by atoms with Gasteiger partial charge in [-0.2, -0.15) is 0 Å². The van der Waals surface area contributed by atoms with Crippen LogP contribution < -0.4 is 10.1 Å². The first-order valence-electron chi connectivity index (χ1n) is 6.78. The summed E-state index contributed by atoms with van der Waals surface area (Å²) in [5.74, 6) is 1.01. The smallest absolute Gasteiger partial charge is 0.124 e. The van der Waals surface area contributed by atoms with Crippen LogP contribution in [0.2, 0.25) is 0 Å². The fourth-order valence-corrected chi connectivity index (χ4v) is 2.21. The number of rotatable bonds is 5. The number of ether oxygens (including phenoxy) is 1. The maximum atomic E-state index is 5.75. The molecule has 0 saturated carbocycles. The summed E-state index contributed by atoms with van der Waals surface area (Å²) < 4.78 is 5.75. The van der Waals surface area contributed by atoms with Crippen LogP contribution in [0.4, 0.5) is 0 Å². The van der Waals surface area contributed by atoms with Crippen molar-refractivity contribution in [2.45, 2.75) is 47.1 Å². The minimum absolute atomic E-state index is 0.293. The van der Waals surface area contributed by atoms with Crippen LogP contribution in [0.3, 0.4) is 0 Å². The highest BCUT2D eigenvalue weighted by atomic mass is 16.5. The number of nitrogens with one attached hydrogen (secondary N) is 1. The van der Waals surface area contributed by atoms with Crippen LogP contribution in [0.15, 0.2) is 18.2 Å². The quantitative estimate of drug-likeness (QED) is 0.848. The first-order valence-corrected chi connectivity index (χ1v) is 6.78. The lowest BCUT2D eigenvalue weighted by Gasteiger charge is -2.27. The molecule has 1 aromatic rings. The average molecular weight is 249 g/mol. The number of aryl methyl sites for hydroxylation is 1. The Bertz CT molecular complexity index is 379. The zero-order valence-corrected chi connectivity index (χ0v) is 12.6. The van der Waals surface area contributed by atoms with Gasteiger partial charge in [0, 0.05) is 11.6 Å². The normalized spacial score (nSPS) is 13.4. The number of hydrogen-bond acceptors (Lipinski definition) is 2. The molecule has 0 radical (unpaired) electrons. The molecule has 0 aliphatic carbocycles. The molecule has 0 aliphatic rings. The molecule has 2 nitrogen and oxygen atoms in total. The Labute approximate surface area is 112 Å². The van der Waals surface area contributed by atoms with E-state index in [1.807, 2.05) is 14.0 Å². The summed E-state index contributed by atoms with van der Waals surface area (Å²) in [4.78, 5) is 0. The summed E-state index contributed by atoms with van der Waals surface area (Å²) in [7, 11) is 2.02. The lowest BCUT2D eigenvalue weighted by molar-refractivity contribution is 0.301. The molecule has 1 N–H and O–H groups in total. The van der Waals surface area contributed by atoms with Crippen LogP contribution in [0.1, 0.15) is 51.3 Å². The van der Waals surface area contributed by atoms with Crippen molar-refractivity contribution in [3.05, 3.63) is 29.3 Å². The van der Waals surface area contributed by atoms with Gasteiger partial charge in [0.2, 0.25) is 0 Å². The minimum Gasteiger partial charge on any atom is -0.494 e. The van der Waals surface area contributed by atoms with Crippen LogP contribution in [-0.4, -0.2) is 13.7 Å². The maximum absolute atomic E-state index is 5.75. The van der Waals surface area contributed by atoms with E-state index in [1.165, 1.54) is 11.1 Å². The molecule has 1 rings (SSSR count). The highest BCUT2D eigenvalue weighted by Crippen LogP contribution is 2.34.